The van der Waals surface area contributed by atoms with Gasteiger partial charge >= 0.3 is 0 Å². The summed E-state index contributed by atoms with van der Waals surface area (Å²) in [7, 11) is 0. The van der Waals surface area contributed by atoms with Crippen LogP contribution in [0.25, 0.3) is 11.6 Å². The smallest absolute Gasteiger partial charge is 0.276 e. The topological polar surface area (TPSA) is 107 Å². The van der Waals surface area contributed by atoms with Gasteiger partial charge in [-0.2, -0.15) is 5.26 Å². The number of para-hydroxylation sites is 1. The third-order valence-corrected chi connectivity index (χ3v) is 2.99. The molecule has 0 radical (unpaired) electrons. The second-order valence-electron chi connectivity index (χ2n) is 4.35. The molecule has 0 amide bonds. The van der Waals surface area contributed by atoms with E-state index in [1.54, 1.807) is 6.07 Å². The van der Waals surface area contributed by atoms with E-state index in [0.717, 1.165) is 0 Å². The highest BCUT2D eigenvalue weighted by atomic mass is 16.6. The number of carboxylic acids is 1. The Morgan fingerprint density at radius 3 is 2.23 bits per heavy atom. The van der Waals surface area contributed by atoms with E-state index in [1.165, 1.54) is 48.5 Å². The summed E-state index contributed by atoms with van der Waals surface area (Å²) < 4.78 is 0. The monoisotopic (exact) mass is 293 g/mol. The number of carbonyl (C=O) groups is 1. The molecule has 108 valence electrons. The summed E-state index contributed by atoms with van der Waals surface area (Å²) in [6, 6.07) is 13.5. The molecule has 0 aliphatic carbocycles. The standard InChI is InChI=1S/C16H10N2O4/c17-10-14(11-5-7-12(8-6-11)16(19)20)9-13-3-1-2-4-15(13)18(21)22/h1-9H,(H,19,20)/p-1/b14-9-. The summed E-state index contributed by atoms with van der Waals surface area (Å²) in [4.78, 5) is 21.1. The Morgan fingerprint density at radius 1 is 1.09 bits per heavy atom. The average Bonchev–Trinajstić information content (AvgIpc) is 2.53. The van der Waals surface area contributed by atoms with Crippen LogP contribution < -0.4 is 5.11 Å². The van der Waals surface area contributed by atoms with Gasteiger partial charge in [-0.1, -0.05) is 36.4 Å². The molecule has 0 saturated carbocycles. The van der Waals surface area contributed by atoms with Crippen molar-refractivity contribution in [3.8, 4) is 6.07 Å². The molecule has 0 fully saturated rings. The molecule has 0 unspecified atom stereocenters. The molecule has 22 heavy (non-hydrogen) atoms. The van der Waals surface area contributed by atoms with Crippen LogP contribution in [0.1, 0.15) is 21.5 Å². The fourth-order valence-electron chi connectivity index (χ4n) is 1.90. The molecule has 6 heteroatoms. The molecule has 2 rings (SSSR count). The van der Waals surface area contributed by atoms with Gasteiger partial charge < -0.3 is 9.90 Å². The van der Waals surface area contributed by atoms with Gasteiger partial charge in [-0.25, -0.2) is 0 Å². The number of nitriles is 1. The average molecular weight is 293 g/mol. The summed E-state index contributed by atoms with van der Waals surface area (Å²) in [5, 5.41) is 30.9. The predicted molar refractivity (Wildman–Crippen MR) is 77.4 cm³/mol. The number of aromatic carboxylic acids is 1. The van der Waals surface area contributed by atoms with Crippen molar-refractivity contribution in [2.75, 3.05) is 0 Å². The number of hydrogen-bond donors (Lipinski definition) is 0. The Bertz CT molecular complexity index is 802. The van der Waals surface area contributed by atoms with Crippen LogP contribution in [0.3, 0.4) is 0 Å². The first-order valence-corrected chi connectivity index (χ1v) is 6.20. The van der Waals surface area contributed by atoms with Crippen molar-refractivity contribution in [1.82, 2.24) is 0 Å². The van der Waals surface area contributed by atoms with Gasteiger partial charge in [-0.15, -0.1) is 0 Å². The zero-order valence-electron chi connectivity index (χ0n) is 11.2. The van der Waals surface area contributed by atoms with Crippen LogP contribution in [-0.2, 0) is 0 Å². The fourth-order valence-corrected chi connectivity index (χ4v) is 1.90. The molecular formula is C16H9N2O4-. The maximum Gasteiger partial charge on any atom is 0.276 e. The molecule has 0 saturated heterocycles. The summed E-state index contributed by atoms with van der Waals surface area (Å²) in [5.41, 5.74) is 0.839. The first-order valence-electron chi connectivity index (χ1n) is 6.20. The molecule has 2 aromatic rings. The van der Waals surface area contributed by atoms with E-state index < -0.39 is 10.9 Å². The van der Waals surface area contributed by atoms with E-state index in [-0.39, 0.29) is 16.8 Å². The largest absolute Gasteiger partial charge is 0.545 e. The van der Waals surface area contributed by atoms with Crippen LogP contribution in [0.5, 0.6) is 0 Å². The van der Waals surface area contributed by atoms with Gasteiger partial charge in [0.25, 0.3) is 5.69 Å². The molecule has 0 bridgehead atoms. The molecule has 0 atom stereocenters. The number of nitro groups is 1. The van der Waals surface area contributed by atoms with Crippen molar-refractivity contribution >= 4 is 23.3 Å². The SMILES string of the molecule is N#C/C(=C/c1ccccc1[N+](=O)[O-])c1ccc(C(=O)[O-])cc1. The van der Waals surface area contributed by atoms with Crippen molar-refractivity contribution in [2.45, 2.75) is 0 Å². The molecule has 0 spiro atoms. The van der Waals surface area contributed by atoms with Gasteiger partial charge in [-0.3, -0.25) is 10.1 Å². The van der Waals surface area contributed by atoms with Gasteiger partial charge in [0, 0.05) is 6.07 Å². The minimum absolute atomic E-state index is 0.00766. The third-order valence-electron chi connectivity index (χ3n) is 2.99. The molecule has 0 aliphatic heterocycles. The minimum atomic E-state index is -1.31. The zero-order valence-corrected chi connectivity index (χ0v) is 11.2. The zero-order chi connectivity index (χ0) is 16.1. The first kappa shape index (κ1) is 14.9. The van der Waals surface area contributed by atoms with Gasteiger partial charge in [0.05, 0.1) is 28.1 Å². The van der Waals surface area contributed by atoms with Gasteiger partial charge in [0.15, 0.2) is 0 Å². The van der Waals surface area contributed by atoms with Crippen molar-refractivity contribution in [3.05, 3.63) is 75.3 Å². The number of benzene rings is 2. The Labute approximate surface area is 125 Å². The van der Waals surface area contributed by atoms with Crippen molar-refractivity contribution < 1.29 is 14.8 Å². The molecule has 2 aromatic carbocycles. The molecule has 0 aliphatic rings. The molecule has 6 nitrogen and oxygen atoms in total. The van der Waals surface area contributed by atoms with Crippen molar-refractivity contribution in [3.63, 3.8) is 0 Å². The van der Waals surface area contributed by atoms with Crippen LogP contribution in [0.4, 0.5) is 5.69 Å². The van der Waals surface area contributed by atoms with Crippen LogP contribution in [0.2, 0.25) is 0 Å². The van der Waals surface area contributed by atoms with Crippen molar-refractivity contribution in [1.29, 1.82) is 5.26 Å². The number of carbonyl (C=O) groups excluding carboxylic acids is 1. The van der Waals surface area contributed by atoms with Crippen LogP contribution in [0, 0.1) is 21.4 Å². The fraction of sp³-hybridized carbons (Fsp3) is 0. The molecule has 0 aromatic heterocycles. The lowest BCUT2D eigenvalue weighted by Crippen LogP contribution is -2.21. The highest BCUT2D eigenvalue weighted by Crippen LogP contribution is 2.24. The number of nitro benzene ring substituents is 1. The Kier molecular flexibility index (Phi) is 4.30. The summed E-state index contributed by atoms with van der Waals surface area (Å²) >= 11 is 0. The minimum Gasteiger partial charge on any atom is -0.545 e. The van der Waals surface area contributed by atoms with Gasteiger partial charge in [0.1, 0.15) is 0 Å². The number of allylic oxidation sites excluding steroid dienone is 1. The van der Waals surface area contributed by atoms with Gasteiger partial charge in [-0.05, 0) is 23.3 Å². The third kappa shape index (κ3) is 3.16. The second kappa shape index (κ2) is 6.33. The summed E-state index contributed by atoms with van der Waals surface area (Å²) in [6.45, 7) is 0. The number of hydrogen-bond acceptors (Lipinski definition) is 5. The van der Waals surface area contributed by atoms with Crippen LogP contribution in [0.15, 0.2) is 48.5 Å². The quantitative estimate of drug-likeness (QED) is 0.371. The summed E-state index contributed by atoms with van der Waals surface area (Å²) in [6.07, 6.45) is 1.39. The Morgan fingerprint density at radius 2 is 1.68 bits per heavy atom. The van der Waals surface area contributed by atoms with E-state index in [2.05, 4.69) is 0 Å². The Hall–Kier alpha value is -3.46. The van der Waals surface area contributed by atoms with Gasteiger partial charge in [0.2, 0.25) is 0 Å². The summed E-state index contributed by atoms with van der Waals surface area (Å²) in [5.74, 6) is -1.31. The Balaban J connectivity index is 2.46. The maximum absolute atomic E-state index is 11.0. The highest BCUT2D eigenvalue weighted by molar-refractivity contribution is 5.92. The van der Waals surface area contributed by atoms with Crippen molar-refractivity contribution in [2.24, 2.45) is 0 Å². The lowest BCUT2D eigenvalue weighted by Gasteiger charge is -2.04. The molecular weight excluding hydrogens is 284 g/mol. The van der Waals surface area contributed by atoms with Crippen LogP contribution >= 0.6 is 0 Å². The molecule has 0 N–H and O–H groups in total. The lowest BCUT2D eigenvalue weighted by atomic mass is 10.0. The number of rotatable bonds is 4. The van der Waals surface area contributed by atoms with E-state index in [9.17, 15) is 25.3 Å². The second-order valence-corrected chi connectivity index (χ2v) is 4.35. The highest BCUT2D eigenvalue weighted by Gasteiger charge is 2.11. The van der Waals surface area contributed by atoms with E-state index >= 15 is 0 Å². The predicted octanol–water partition coefficient (Wildman–Crippen LogP) is 2.02. The van der Waals surface area contributed by atoms with E-state index in [1.807, 2.05) is 6.07 Å². The normalized spacial score (nSPS) is 10.8. The number of nitrogens with zero attached hydrogens (tertiary/aromatic N) is 2. The van der Waals surface area contributed by atoms with E-state index in [0.29, 0.717) is 11.1 Å². The number of carboxylic acid groups (broad SMARTS) is 1. The maximum atomic E-state index is 11.0. The lowest BCUT2D eigenvalue weighted by molar-refractivity contribution is -0.385. The van der Waals surface area contributed by atoms with Crippen LogP contribution in [-0.4, -0.2) is 10.9 Å². The first-order chi connectivity index (χ1) is 10.5. The van der Waals surface area contributed by atoms with E-state index in [4.69, 9.17) is 0 Å². The molecule has 0 heterocycles.